The number of piperidine rings is 2. The molecule has 1 aliphatic carbocycles. The number of carbonyl (C=O) groups is 1. The van der Waals surface area contributed by atoms with Gasteiger partial charge in [-0.1, -0.05) is 6.08 Å². The third-order valence-electron chi connectivity index (χ3n) is 6.75. The van der Waals surface area contributed by atoms with Crippen LogP contribution in [0.25, 0.3) is 10.9 Å². The summed E-state index contributed by atoms with van der Waals surface area (Å²) in [5, 5.41) is 0.720. The third-order valence-corrected chi connectivity index (χ3v) is 6.75. The fourth-order valence-corrected chi connectivity index (χ4v) is 5.60. The van der Waals surface area contributed by atoms with Crippen LogP contribution in [-0.4, -0.2) is 35.0 Å². The highest BCUT2D eigenvalue weighted by molar-refractivity contribution is 5.83. The first-order valence-corrected chi connectivity index (χ1v) is 9.65. The summed E-state index contributed by atoms with van der Waals surface area (Å²) in [6.45, 7) is 7.48. The fraction of sp³-hybridized carbons (Fsp3) is 0.455. The molecule has 27 heavy (non-hydrogen) atoms. The summed E-state index contributed by atoms with van der Waals surface area (Å²) < 4.78 is 19.8. The van der Waals surface area contributed by atoms with Gasteiger partial charge in [-0.25, -0.2) is 4.39 Å². The molecule has 7 atom stereocenters. The average Bonchev–Trinajstić information content (AvgIpc) is 3.40. The molecular weight excluding hydrogens is 343 g/mol. The Hall–Kier alpha value is -2.27. The van der Waals surface area contributed by atoms with Crippen molar-refractivity contribution in [3.8, 4) is 0 Å². The highest BCUT2D eigenvalue weighted by atomic mass is 19.1. The van der Waals surface area contributed by atoms with Gasteiger partial charge in [0.2, 0.25) is 0 Å². The Morgan fingerprint density at radius 3 is 3.00 bits per heavy atom. The second-order valence-corrected chi connectivity index (χ2v) is 8.15. The molecule has 3 fully saturated rings. The molecular formula is C22H23FN2O2. The van der Waals surface area contributed by atoms with E-state index in [2.05, 4.69) is 22.5 Å². The van der Waals surface area contributed by atoms with Crippen LogP contribution >= 0.6 is 0 Å². The third kappa shape index (κ3) is 2.67. The van der Waals surface area contributed by atoms with E-state index in [9.17, 15) is 9.18 Å². The molecule has 0 N–H and O–H groups in total. The molecule has 2 aromatic rings. The number of hydrogen-bond donors (Lipinski definition) is 0. The first-order valence-electron chi connectivity index (χ1n) is 9.65. The van der Waals surface area contributed by atoms with E-state index in [-0.39, 0.29) is 17.8 Å². The Morgan fingerprint density at radius 1 is 1.37 bits per heavy atom. The molecule has 7 unspecified atom stereocenters. The molecule has 2 aliphatic heterocycles. The van der Waals surface area contributed by atoms with Gasteiger partial charge in [-0.2, -0.15) is 0 Å². The van der Waals surface area contributed by atoms with Gasteiger partial charge >= 0.3 is 5.97 Å². The van der Waals surface area contributed by atoms with Crippen molar-refractivity contribution in [1.29, 1.82) is 0 Å². The van der Waals surface area contributed by atoms with Gasteiger partial charge in [0, 0.05) is 37.2 Å². The van der Waals surface area contributed by atoms with E-state index in [4.69, 9.17) is 4.74 Å². The SMILES string of the molecule is C=CC1CN2CC3C(CC2C(OC(C)=O)c2ccnc4ccc(F)cc24)C13. The predicted octanol–water partition coefficient (Wildman–Crippen LogP) is 3.73. The molecule has 3 aliphatic rings. The molecule has 0 amide bonds. The number of ether oxygens (including phenoxy) is 1. The molecule has 140 valence electrons. The van der Waals surface area contributed by atoms with Crippen LogP contribution in [0.4, 0.5) is 4.39 Å². The molecule has 0 radical (unpaired) electrons. The summed E-state index contributed by atoms with van der Waals surface area (Å²) in [6.07, 6.45) is 4.40. The lowest BCUT2D eigenvalue weighted by Gasteiger charge is -2.41. The summed E-state index contributed by atoms with van der Waals surface area (Å²) in [5.41, 5.74) is 1.56. The Labute approximate surface area is 158 Å². The van der Waals surface area contributed by atoms with Crippen molar-refractivity contribution in [2.24, 2.45) is 23.7 Å². The summed E-state index contributed by atoms with van der Waals surface area (Å²) >= 11 is 0. The molecule has 5 rings (SSSR count). The zero-order chi connectivity index (χ0) is 18.7. The minimum absolute atomic E-state index is 0.110. The quantitative estimate of drug-likeness (QED) is 0.611. The number of carbonyl (C=O) groups excluding carboxylic acids is 1. The molecule has 1 saturated carbocycles. The van der Waals surface area contributed by atoms with Crippen LogP contribution < -0.4 is 0 Å². The number of halogens is 1. The zero-order valence-corrected chi connectivity index (χ0v) is 15.3. The molecule has 2 saturated heterocycles. The lowest BCUT2D eigenvalue weighted by Crippen LogP contribution is -2.48. The standard InChI is InChI=1S/C22H23FN2O2/c1-3-13-10-25-11-18-17(21(13)18)9-20(25)22(27-12(2)26)15-6-7-24-19-5-4-14(23)8-16(15)19/h3-8,13,17-18,20-22H,1,9-11H2,2H3. The number of hydrogen-bond acceptors (Lipinski definition) is 4. The van der Waals surface area contributed by atoms with Crippen LogP contribution in [0.3, 0.4) is 0 Å². The Morgan fingerprint density at radius 2 is 2.22 bits per heavy atom. The summed E-state index contributed by atoms with van der Waals surface area (Å²) in [5.74, 6) is 2.06. The minimum Gasteiger partial charge on any atom is -0.456 e. The zero-order valence-electron chi connectivity index (χ0n) is 15.3. The van der Waals surface area contributed by atoms with E-state index in [0.717, 1.165) is 47.8 Å². The van der Waals surface area contributed by atoms with Gasteiger partial charge in [0.15, 0.2) is 0 Å². The number of benzene rings is 1. The van der Waals surface area contributed by atoms with Crippen LogP contribution in [0.2, 0.25) is 0 Å². The smallest absolute Gasteiger partial charge is 0.303 e. The Kier molecular flexibility index (Phi) is 3.83. The largest absolute Gasteiger partial charge is 0.456 e. The van der Waals surface area contributed by atoms with Crippen molar-refractivity contribution < 1.29 is 13.9 Å². The van der Waals surface area contributed by atoms with Gasteiger partial charge in [-0.3, -0.25) is 14.7 Å². The van der Waals surface area contributed by atoms with E-state index in [1.165, 1.54) is 19.1 Å². The number of pyridine rings is 1. The molecule has 5 heteroatoms. The maximum absolute atomic E-state index is 13.9. The number of rotatable bonds is 4. The van der Waals surface area contributed by atoms with Crippen molar-refractivity contribution in [3.63, 3.8) is 0 Å². The van der Waals surface area contributed by atoms with Gasteiger partial charge in [0.05, 0.1) is 11.6 Å². The van der Waals surface area contributed by atoms with Crippen molar-refractivity contribution in [2.45, 2.75) is 25.5 Å². The van der Waals surface area contributed by atoms with Crippen molar-refractivity contribution in [3.05, 3.63) is 54.5 Å². The predicted molar refractivity (Wildman–Crippen MR) is 100 cm³/mol. The molecule has 1 aromatic heterocycles. The van der Waals surface area contributed by atoms with E-state index >= 15 is 0 Å². The number of esters is 1. The normalized spacial score (nSPS) is 34.7. The van der Waals surface area contributed by atoms with Crippen molar-refractivity contribution in [2.75, 3.05) is 13.1 Å². The summed E-state index contributed by atoms with van der Waals surface area (Å²) in [6, 6.07) is 6.56. The maximum atomic E-state index is 13.9. The van der Waals surface area contributed by atoms with Crippen molar-refractivity contribution in [1.82, 2.24) is 9.88 Å². The molecule has 4 nitrogen and oxygen atoms in total. The van der Waals surface area contributed by atoms with E-state index in [0.29, 0.717) is 11.8 Å². The highest BCUT2D eigenvalue weighted by Gasteiger charge is 2.62. The topological polar surface area (TPSA) is 42.4 Å². The Balaban J connectivity index is 1.58. The van der Waals surface area contributed by atoms with Gasteiger partial charge in [0.1, 0.15) is 11.9 Å². The molecule has 2 bridgehead atoms. The van der Waals surface area contributed by atoms with Gasteiger partial charge in [-0.15, -0.1) is 6.58 Å². The molecule has 0 spiro atoms. The van der Waals surface area contributed by atoms with Gasteiger partial charge in [-0.05, 0) is 54.4 Å². The van der Waals surface area contributed by atoms with Gasteiger partial charge < -0.3 is 4.74 Å². The maximum Gasteiger partial charge on any atom is 0.303 e. The van der Waals surface area contributed by atoms with E-state index < -0.39 is 6.10 Å². The molecule has 3 heterocycles. The number of nitrogens with zero attached hydrogens (tertiary/aromatic N) is 2. The van der Waals surface area contributed by atoms with E-state index in [1.807, 2.05) is 6.07 Å². The summed E-state index contributed by atoms with van der Waals surface area (Å²) in [7, 11) is 0. The van der Waals surface area contributed by atoms with Crippen LogP contribution in [0.5, 0.6) is 0 Å². The fourth-order valence-electron chi connectivity index (χ4n) is 5.60. The van der Waals surface area contributed by atoms with Crippen LogP contribution in [0, 0.1) is 29.5 Å². The highest BCUT2D eigenvalue weighted by Crippen LogP contribution is 2.61. The lowest BCUT2D eigenvalue weighted by molar-refractivity contribution is -0.151. The lowest BCUT2D eigenvalue weighted by atomic mass is 9.90. The molecule has 1 aromatic carbocycles. The monoisotopic (exact) mass is 366 g/mol. The van der Waals surface area contributed by atoms with Crippen LogP contribution in [-0.2, 0) is 9.53 Å². The van der Waals surface area contributed by atoms with E-state index in [1.54, 1.807) is 12.3 Å². The first kappa shape index (κ1) is 16.9. The second kappa shape index (κ2) is 6.13. The Bertz CT molecular complexity index is 930. The minimum atomic E-state index is -0.416. The number of aromatic nitrogens is 1. The van der Waals surface area contributed by atoms with Crippen LogP contribution in [0.15, 0.2) is 43.1 Å². The summed E-state index contributed by atoms with van der Waals surface area (Å²) in [4.78, 5) is 18.8. The first-order chi connectivity index (χ1) is 13.1. The van der Waals surface area contributed by atoms with Crippen LogP contribution in [0.1, 0.15) is 25.0 Å². The second-order valence-electron chi connectivity index (χ2n) is 8.15. The van der Waals surface area contributed by atoms with Gasteiger partial charge in [0.25, 0.3) is 0 Å². The van der Waals surface area contributed by atoms with Crippen molar-refractivity contribution >= 4 is 16.9 Å². The average molecular weight is 366 g/mol. The number of fused-ring (bicyclic) bond motifs is 3.